The Morgan fingerprint density at radius 2 is 2.05 bits per heavy atom. The van der Waals surface area contributed by atoms with E-state index in [-0.39, 0.29) is 12.0 Å². The average Bonchev–Trinajstić information content (AvgIpc) is 2.84. The average molecular weight is 338 g/mol. The lowest BCUT2D eigenvalue weighted by Gasteiger charge is -2.10. The monoisotopic (exact) mass is 337 g/mol. The summed E-state index contributed by atoms with van der Waals surface area (Å²) in [5, 5.41) is 3.86. The van der Waals surface area contributed by atoms with Gasteiger partial charge in [0.25, 0.3) is 0 Å². The Labute approximate surface area is 126 Å². The standard InChI is InChI=1S/C14H16BrN3O2/c1-9(16)2-7-14(17)19-11-5-3-10(4-6-11)12-8-13(15)18-20-12/h2-7,12H,8,16-17H2,1H3/b9-2-,14-7+. The van der Waals surface area contributed by atoms with Gasteiger partial charge in [0.1, 0.15) is 10.4 Å². The van der Waals surface area contributed by atoms with E-state index in [1.807, 2.05) is 24.3 Å². The van der Waals surface area contributed by atoms with E-state index in [9.17, 15) is 0 Å². The van der Waals surface area contributed by atoms with E-state index >= 15 is 0 Å². The molecule has 1 aliphatic heterocycles. The number of nitrogens with zero attached hydrogens (tertiary/aromatic N) is 1. The molecule has 0 amide bonds. The molecular weight excluding hydrogens is 322 g/mol. The highest BCUT2D eigenvalue weighted by molar-refractivity contribution is 9.18. The molecule has 0 bridgehead atoms. The molecule has 1 aromatic rings. The molecule has 4 N–H and O–H groups in total. The summed E-state index contributed by atoms with van der Waals surface area (Å²) < 4.78 is 6.28. The minimum Gasteiger partial charge on any atom is -0.442 e. The van der Waals surface area contributed by atoms with Gasteiger partial charge < -0.3 is 21.0 Å². The minimum atomic E-state index is -0.0471. The topological polar surface area (TPSA) is 82.9 Å². The van der Waals surface area contributed by atoms with E-state index in [1.54, 1.807) is 19.1 Å². The van der Waals surface area contributed by atoms with Gasteiger partial charge in [0, 0.05) is 12.1 Å². The molecule has 1 aliphatic rings. The van der Waals surface area contributed by atoms with E-state index < -0.39 is 0 Å². The second kappa shape index (κ2) is 6.47. The maximum absolute atomic E-state index is 5.72. The fourth-order valence-electron chi connectivity index (χ4n) is 1.66. The highest BCUT2D eigenvalue weighted by Crippen LogP contribution is 2.30. The maximum Gasteiger partial charge on any atom is 0.190 e. The van der Waals surface area contributed by atoms with Crippen molar-refractivity contribution in [1.29, 1.82) is 0 Å². The smallest absolute Gasteiger partial charge is 0.190 e. The number of allylic oxidation sites excluding steroid dienone is 3. The van der Waals surface area contributed by atoms with Gasteiger partial charge in [-0.1, -0.05) is 17.3 Å². The first-order valence-corrected chi connectivity index (χ1v) is 6.89. The first-order chi connectivity index (χ1) is 9.54. The lowest BCUT2D eigenvalue weighted by atomic mass is 10.1. The van der Waals surface area contributed by atoms with Crippen molar-refractivity contribution in [2.24, 2.45) is 16.6 Å². The van der Waals surface area contributed by atoms with E-state index in [0.29, 0.717) is 11.4 Å². The molecule has 0 saturated heterocycles. The zero-order valence-electron chi connectivity index (χ0n) is 11.0. The molecule has 0 aliphatic carbocycles. The van der Waals surface area contributed by atoms with Crippen molar-refractivity contribution >= 4 is 20.6 Å². The molecule has 5 nitrogen and oxygen atoms in total. The molecule has 106 valence electrons. The van der Waals surface area contributed by atoms with E-state index in [2.05, 4.69) is 21.1 Å². The first-order valence-electron chi connectivity index (χ1n) is 6.10. The lowest BCUT2D eigenvalue weighted by molar-refractivity contribution is 0.0857. The summed E-state index contributed by atoms with van der Waals surface area (Å²) in [5.74, 6) is 0.939. The third kappa shape index (κ3) is 4.03. The Morgan fingerprint density at radius 1 is 1.35 bits per heavy atom. The van der Waals surface area contributed by atoms with E-state index in [4.69, 9.17) is 21.0 Å². The van der Waals surface area contributed by atoms with Crippen LogP contribution in [0.2, 0.25) is 0 Å². The molecule has 0 saturated carbocycles. The van der Waals surface area contributed by atoms with Crippen molar-refractivity contribution in [3.05, 3.63) is 53.6 Å². The van der Waals surface area contributed by atoms with Crippen LogP contribution in [0.4, 0.5) is 0 Å². The van der Waals surface area contributed by atoms with Crippen LogP contribution in [0.3, 0.4) is 0 Å². The predicted octanol–water partition coefficient (Wildman–Crippen LogP) is 2.90. The van der Waals surface area contributed by atoms with Crippen LogP contribution in [0.25, 0.3) is 0 Å². The van der Waals surface area contributed by atoms with Crippen LogP contribution in [-0.4, -0.2) is 4.62 Å². The summed E-state index contributed by atoms with van der Waals surface area (Å²) in [6.45, 7) is 1.78. The number of nitrogens with two attached hydrogens (primary N) is 2. The van der Waals surface area contributed by atoms with Crippen LogP contribution in [0.1, 0.15) is 25.0 Å². The molecule has 1 atom stereocenters. The second-order valence-electron chi connectivity index (χ2n) is 4.42. The molecule has 2 rings (SSSR count). The SMILES string of the molecule is C/C(N)=C/C=C(\N)Oc1ccc(C2CC(Br)=NO2)cc1. The van der Waals surface area contributed by atoms with Crippen molar-refractivity contribution in [2.75, 3.05) is 0 Å². The third-order valence-electron chi connectivity index (χ3n) is 2.63. The predicted molar refractivity (Wildman–Crippen MR) is 82.1 cm³/mol. The molecule has 1 unspecified atom stereocenters. The summed E-state index contributed by atoms with van der Waals surface area (Å²) in [7, 11) is 0. The molecule has 6 heteroatoms. The summed E-state index contributed by atoms with van der Waals surface area (Å²) >= 11 is 3.31. The van der Waals surface area contributed by atoms with Crippen molar-refractivity contribution in [3.63, 3.8) is 0 Å². The normalized spacial score (nSPS) is 19.5. The van der Waals surface area contributed by atoms with Crippen LogP contribution >= 0.6 is 15.9 Å². The fraction of sp³-hybridized carbons (Fsp3) is 0.214. The van der Waals surface area contributed by atoms with Crippen LogP contribution < -0.4 is 16.2 Å². The van der Waals surface area contributed by atoms with Gasteiger partial charge in [-0.25, -0.2) is 0 Å². The molecule has 0 aromatic heterocycles. The molecular formula is C14H16BrN3O2. The van der Waals surface area contributed by atoms with Crippen molar-refractivity contribution in [1.82, 2.24) is 0 Å². The van der Waals surface area contributed by atoms with Crippen LogP contribution in [0, 0.1) is 0 Å². The number of halogens is 1. The number of oxime groups is 1. The molecule has 0 fully saturated rings. The Bertz CT molecular complexity index is 560. The molecule has 1 heterocycles. The molecule has 0 radical (unpaired) electrons. The third-order valence-corrected chi connectivity index (χ3v) is 3.10. The second-order valence-corrected chi connectivity index (χ2v) is 5.33. The highest BCUT2D eigenvalue weighted by Gasteiger charge is 2.20. The van der Waals surface area contributed by atoms with E-state index in [0.717, 1.165) is 16.6 Å². The number of rotatable bonds is 4. The zero-order chi connectivity index (χ0) is 14.5. The quantitative estimate of drug-likeness (QED) is 0.653. The van der Waals surface area contributed by atoms with Gasteiger partial charge in [-0.05, 0) is 52.7 Å². The molecule has 20 heavy (non-hydrogen) atoms. The largest absolute Gasteiger partial charge is 0.442 e. The van der Waals surface area contributed by atoms with Crippen molar-refractivity contribution in [2.45, 2.75) is 19.4 Å². The van der Waals surface area contributed by atoms with Gasteiger partial charge in [0.2, 0.25) is 0 Å². The minimum absolute atomic E-state index is 0.0471. The highest BCUT2D eigenvalue weighted by atomic mass is 79.9. The van der Waals surface area contributed by atoms with Crippen molar-refractivity contribution in [3.8, 4) is 5.75 Å². The Morgan fingerprint density at radius 3 is 2.60 bits per heavy atom. The Hall–Kier alpha value is -1.95. The van der Waals surface area contributed by atoms with Gasteiger partial charge in [0.15, 0.2) is 12.0 Å². The summed E-state index contributed by atoms with van der Waals surface area (Å²) in [5.41, 5.74) is 12.9. The Balaban J connectivity index is 1.98. The van der Waals surface area contributed by atoms with Gasteiger partial charge in [-0.2, -0.15) is 0 Å². The molecule has 0 spiro atoms. The number of ether oxygens (including phenoxy) is 1. The van der Waals surface area contributed by atoms with Crippen LogP contribution in [0.5, 0.6) is 5.75 Å². The summed E-state index contributed by atoms with van der Waals surface area (Å²) in [6, 6.07) is 7.53. The lowest BCUT2D eigenvalue weighted by Crippen LogP contribution is -2.06. The first kappa shape index (κ1) is 14.5. The van der Waals surface area contributed by atoms with Crippen LogP contribution in [-0.2, 0) is 4.84 Å². The van der Waals surface area contributed by atoms with Gasteiger partial charge in [-0.3, -0.25) is 0 Å². The fourth-order valence-corrected chi connectivity index (χ4v) is 2.04. The van der Waals surface area contributed by atoms with Crippen molar-refractivity contribution < 1.29 is 9.57 Å². The number of hydrogen-bond donors (Lipinski definition) is 2. The number of hydrogen-bond acceptors (Lipinski definition) is 5. The van der Waals surface area contributed by atoms with Crippen LogP contribution in [0.15, 0.2) is 53.2 Å². The molecule has 1 aromatic carbocycles. The summed E-state index contributed by atoms with van der Waals surface area (Å²) in [6.07, 6.45) is 4.00. The maximum atomic E-state index is 5.72. The van der Waals surface area contributed by atoms with E-state index in [1.165, 1.54) is 0 Å². The Kier molecular flexibility index (Phi) is 4.68. The van der Waals surface area contributed by atoms with Gasteiger partial charge in [-0.15, -0.1) is 0 Å². The van der Waals surface area contributed by atoms with Gasteiger partial charge >= 0.3 is 0 Å². The summed E-state index contributed by atoms with van der Waals surface area (Å²) in [4.78, 5) is 5.28. The number of benzene rings is 1. The zero-order valence-corrected chi connectivity index (χ0v) is 12.6. The van der Waals surface area contributed by atoms with Gasteiger partial charge in [0.05, 0.1) is 0 Å².